The van der Waals surface area contributed by atoms with Crippen molar-refractivity contribution in [3.63, 3.8) is 0 Å². The van der Waals surface area contributed by atoms with Gasteiger partial charge in [-0.25, -0.2) is 5.48 Å². The number of rotatable bonds is 4. The van der Waals surface area contributed by atoms with Gasteiger partial charge in [0.05, 0.1) is 4.92 Å². The number of para-hydroxylation sites is 2. The fourth-order valence-corrected chi connectivity index (χ4v) is 0.906. The average molecular weight is 212 g/mol. The summed E-state index contributed by atoms with van der Waals surface area (Å²) in [5, 5.41) is 18.7. The van der Waals surface area contributed by atoms with E-state index in [9.17, 15) is 14.9 Å². The predicted molar refractivity (Wildman–Crippen MR) is 48.5 cm³/mol. The van der Waals surface area contributed by atoms with Gasteiger partial charge in [0.15, 0.2) is 12.4 Å². The molecule has 0 atom stereocenters. The Bertz CT molecular complexity index is 379. The number of benzene rings is 1. The van der Waals surface area contributed by atoms with E-state index < -0.39 is 17.4 Å². The zero-order valence-electron chi connectivity index (χ0n) is 7.54. The molecule has 1 aromatic carbocycles. The summed E-state index contributed by atoms with van der Waals surface area (Å²) in [5.41, 5.74) is 1.12. The molecule has 0 aliphatic heterocycles. The van der Waals surface area contributed by atoms with Gasteiger partial charge >= 0.3 is 5.69 Å². The SMILES string of the molecule is O=C(COc1ccccc1[N+](=O)[O-])NO. The van der Waals surface area contributed by atoms with E-state index in [0.29, 0.717) is 0 Å². The van der Waals surface area contributed by atoms with Gasteiger partial charge in [0.1, 0.15) is 0 Å². The largest absolute Gasteiger partial charge is 0.477 e. The van der Waals surface area contributed by atoms with Crippen molar-refractivity contribution >= 4 is 11.6 Å². The molecule has 80 valence electrons. The summed E-state index contributed by atoms with van der Waals surface area (Å²) in [7, 11) is 0. The van der Waals surface area contributed by atoms with Crippen LogP contribution in [-0.4, -0.2) is 22.6 Å². The van der Waals surface area contributed by atoms with Crippen LogP contribution in [0.3, 0.4) is 0 Å². The van der Waals surface area contributed by atoms with Crippen molar-refractivity contribution < 1.29 is 19.7 Å². The van der Waals surface area contributed by atoms with Gasteiger partial charge < -0.3 is 4.74 Å². The number of nitro groups is 1. The van der Waals surface area contributed by atoms with Crippen LogP contribution in [0, 0.1) is 10.1 Å². The van der Waals surface area contributed by atoms with Crippen LogP contribution in [0.25, 0.3) is 0 Å². The van der Waals surface area contributed by atoms with E-state index >= 15 is 0 Å². The highest BCUT2D eigenvalue weighted by atomic mass is 16.6. The second kappa shape index (κ2) is 4.91. The first-order valence-electron chi connectivity index (χ1n) is 3.94. The number of hydroxylamine groups is 1. The van der Waals surface area contributed by atoms with Crippen LogP contribution in [0.1, 0.15) is 0 Å². The molecule has 0 radical (unpaired) electrons. The number of carbonyl (C=O) groups excluding carboxylic acids is 1. The van der Waals surface area contributed by atoms with Crippen molar-refractivity contribution in [2.45, 2.75) is 0 Å². The molecule has 0 aromatic heterocycles. The van der Waals surface area contributed by atoms with E-state index in [2.05, 4.69) is 0 Å². The Morgan fingerprint density at radius 1 is 1.53 bits per heavy atom. The molecule has 15 heavy (non-hydrogen) atoms. The molecule has 0 saturated heterocycles. The number of ether oxygens (including phenoxy) is 1. The number of nitro benzene ring substituents is 1. The molecular formula is C8H8N2O5. The Morgan fingerprint density at radius 3 is 2.80 bits per heavy atom. The second-order valence-electron chi connectivity index (χ2n) is 2.55. The number of carbonyl (C=O) groups is 1. The van der Waals surface area contributed by atoms with Crippen LogP contribution in [0.4, 0.5) is 5.69 Å². The molecule has 1 amide bonds. The third-order valence-electron chi connectivity index (χ3n) is 1.55. The molecule has 2 N–H and O–H groups in total. The van der Waals surface area contributed by atoms with Gasteiger partial charge in [0.25, 0.3) is 5.91 Å². The van der Waals surface area contributed by atoms with Gasteiger partial charge in [-0.05, 0) is 6.07 Å². The summed E-state index contributed by atoms with van der Waals surface area (Å²) < 4.78 is 4.84. The van der Waals surface area contributed by atoms with Gasteiger partial charge in [-0.3, -0.25) is 20.1 Å². The summed E-state index contributed by atoms with van der Waals surface area (Å²) >= 11 is 0. The number of hydrogen-bond acceptors (Lipinski definition) is 5. The van der Waals surface area contributed by atoms with E-state index in [1.165, 1.54) is 23.7 Å². The Kier molecular flexibility index (Phi) is 3.58. The van der Waals surface area contributed by atoms with Crippen LogP contribution in [0.5, 0.6) is 5.75 Å². The van der Waals surface area contributed by atoms with Crippen LogP contribution in [0.2, 0.25) is 0 Å². The Morgan fingerprint density at radius 2 is 2.20 bits per heavy atom. The third-order valence-corrected chi connectivity index (χ3v) is 1.55. The number of amides is 1. The summed E-state index contributed by atoms with van der Waals surface area (Å²) in [6, 6.07) is 5.64. The van der Waals surface area contributed by atoms with E-state index in [-0.39, 0.29) is 11.4 Å². The Balaban J connectivity index is 2.76. The zero-order chi connectivity index (χ0) is 11.3. The summed E-state index contributed by atoms with van der Waals surface area (Å²) in [5.74, 6) is -0.806. The van der Waals surface area contributed by atoms with Crippen LogP contribution >= 0.6 is 0 Å². The maximum Gasteiger partial charge on any atom is 0.310 e. The van der Waals surface area contributed by atoms with Crippen LogP contribution in [0.15, 0.2) is 24.3 Å². The molecule has 0 saturated carbocycles. The smallest absolute Gasteiger partial charge is 0.310 e. The first-order valence-corrected chi connectivity index (χ1v) is 3.94. The van der Waals surface area contributed by atoms with Crippen molar-refractivity contribution in [3.8, 4) is 5.75 Å². The lowest BCUT2D eigenvalue weighted by Gasteiger charge is -2.04. The van der Waals surface area contributed by atoms with Crippen molar-refractivity contribution in [2.75, 3.05) is 6.61 Å². The Labute approximate surface area is 84.4 Å². The lowest BCUT2D eigenvalue weighted by Crippen LogP contribution is -2.25. The zero-order valence-corrected chi connectivity index (χ0v) is 7.54. The van der Waals surface area contributed by atoms with Gasteiger partial charge in [0.2, 0.25) is 0 Å². The molecule has 1 aromatic rings. The molecule has 0 spiro atoms. The second-order valence-corrected chi connectivity index (χ2v) is 2.55. The highest BCUT2D eigenvalue weighted by molar-refractivity contribution is 5.76. The molecule has 7 nitrogen and oxygen atoms in total. The highest BCUT2D eigenvalue weighted by Gasteiger charge is 2.14. The molecular weight excluding hydrogens is 204 g/mol. The van der Waals surface area contributed by atoms with E-state index in [0.717, 1.165) is 0 Å². The van der Waals surface area contributed by atoms with Gasteiger partial charge in [-0.1, -0.05) is 12.1 Å². The van der Waals surface area contributed by atoms with Gasteiger partial charge in [-0.15, -0.1) is 0 Å². The molecule has 1 rings (SSSR count). The minimum Gasteiger partial charge on any atom is -0.477 e. The molecule has 0 unspecified atom stereocenters. The van der Waals surface area contributed by atoms with Crippen molar-refractivity contribution in [3.05, 3.63) is 34.4 Å². The summed E-state index contributed by atoms with van der Waals surface area (Å²) in [4.78, 5) is 20.5. The van der Waals surface area contributed by atoms with Gasteiger partial charge in [-0.2, -0.15) is 0 Å². The lowest BCUT2D eigenvalue weighted by atomic mass is 10.3. The molecule has 0 fully saturated rings. The van der Waals surface area contributed by atoms with E-state index in [1.807, 2.05) is 0 Å². The van der Waals surface area contributed by atoms with E-state index in [4.69, 9.17) is 9.94 Å². The van der Waals surface area contributed by atoms with Crippen LogP contribution < -0.4 is 10.2 Å². The molecule has 0 aliphatic carbocycles. The number of nitrogens with one attached hydrogen (secondary N) is 1. The molecule has 0 bridgehead atoms. The molecule has 7 heteroatoms. The van der Waals surface area contributed by atoms with Crippen molar-refractivity contribution in [1.82, 2.24) is 5.48 Å². The fraction of sp³-hybridized carbons (Fsp3) is 0.125. The number of hydrogen-bond donors (Lipinski definition) is 2. The average Bonchev–Trinajstić information content (AvgIpc) is 2.26. The highest BCUT2D eigenvalue weighted by Crippen LogP contribution is 2.25. The van der Waals surface area contributed by atoms with Crippen molar-refractivity contribution in [2.24, 2.45) is 0 Å². The minimum absolute atomic E-state index is 0.0221. The lowest BCUT2D eigenvalue weighted by molar-refractivity contribution is -0.385. The van der Waals surface area contributed by atoms with Crippen molar-refractivity contribution in [1.29, 1.82) is 0 Å². The van der Waals surface area contributed by atoms with E-state index in [1.54, 1.807) is 6.07 Å². The standard InChI is InChI=1S/C8H8N2O5/c11-8(9-12)5-15-7-4-2-1-3-6(7)10(13)14/h1-4,12H,5H2,(H,9,11). The predicted octanol–water partition coefficient (Wildman–Crippen LogP) is 0.479. The number of nitrogens with zero attached hydrogens (tertiary/aromatic N) is 1. The minimum atomic E-state index is -0.784. The molecule has 0 aliphatic rings. The first-order chi connectivity index (χ1) is 7.15. The summed E-state index contributed by atoms with van der Waals surface area (Å²) in [6.45, 7) is -0.485. The normalized spacial score (nSPS) is 9.40. The Hall–Kier alpha value is -2.15. The fourth-order valence-electron chi connectivity index (χ4n) is 0.906. The topological polar surface area (TPSA) is 102 Å². The monoisotopic (exact) mass is 212 g/mol. The quantitative estimate of drug-likeness (QED) is 0.429. The maximum atomic E-state index is 10.6. The third kappa shape index (κ3) is 2.92. The molecule has 0 heterocycles. The summed E-state index contributed by atoms with van der Waals surface area (Å²) in [6.07, 6.45) is 0. The van der Waals surface area contributed by atoms with Gasteiger partial charge in [0, 0.05) is 6.07 Å². The maximum absolute atomic E-state index is 10.6. The van der Waals surface area contributed by atoms with Crippen LogP contribution in [-0.2, 0) is 4.79 Å². The first kappa shape index (κ1) is 10.9.